The lowest BCUT2D eigenvalue weighted by Gasteiger charge is -2.20. The molecule has 368 valence electrons. The Balaban J connectivity index is 0.988. The van der Waals surface area contributed by atoms with Gasteiger partial charge in [-0.2, -0.15) is 0 Å². The highest BCUT2D eigenvalue weighted by Crippen LogP contribution is 2.41. The maximum Gasteiger partial charge on any atom is 0.269 e. The summed E-state index contributed by atoms with van der Waals surface area (Å²) in [5, 5.41) is 1.52. The predicted octanol–water partition coefficient (Wildman–Crippen LogP) is 17.7. The van der Waals surface area contributed by atoms with Crippen molar-refractivity contribution in [2.75, 3.05) is 0 Å². The monoisotopic (exact) mass is 1010 g/mol. The number of ether oxygens (including phenoxy) is 1. The largest absolute Gasteiger partial charge is 0.458 e. The highest BCUT2D eigenvalue weighted by Gasteiger charge is 2.23. The molecule has 0 atom stereocenters. The fourth-order valence-electron chi connectivity index (χ4n) is 10.1. The molecule has 0 spiro atoms. The number of rotatable bonds is 9. The molecule has 0 aliphatic heterocycles. The molecule has 4 aromatic heterocycles. The summed E-state index contributed by atoms with van der Waals surface area (Å²) < 4.78 is 209. The van der Waals surface area contributed by atoms with Crippen molar-refractivity contribution in [2.45, 2.75) is 33.1 Å². The number of hydrogen-bond donors (Lipinski definition) is 0. The van der Waals surface area contributed by atoms with Crippen LogP contribution in [0.25, 0.3) is 111 Å². The topological polar surface area (TPSA) is 40.8 Å². The van der Waals surface area contributed by atoms with E-state index in [0.29, 0.717) is 50.3 Å². The molecule has 0 fully saturated rings. The second kappa shape index (κ2) is 18.3. The molecule has 0 amide bonds. The van der Waals surface area contributed by atoms with E-state index in [1.54, 1.807) is 66.2 Å². The van der Waals surface area contributed by atoms with Crippen LogP contribution in [0.3, 0.4) is 0 Å². The van der Waals surface area contributed by atoms with Gasteiger partial charge in [-0.15, -0.1) is 0 Å². The lowest BCUT2D eigenvalue weighted by atomic mass is 9.88. The van der Waals surface area contributed by atoms with Crippen molar-refractivity contribution in [3.63, 3.8) is 0 Å². The number of aromatic nitrogens is 5. The van der Waals surface area contributed by atoms with Gasteiger partial charge in [-0.25, -0.2) is 4.98 Å². The van der Waals surface area contributed by atoms with E-state index in [-0.39, 0.29) is 113 Å². The molecule has 0 aliphatic carbocycles. The third kappa shape index (κ3) is 7.96. The fourth-order valence-corrected chi connectivity index (χ4v) is 10.1. The van der Waals surface area contributed by atoms with Gasteiger partial charge in [0.05, 0.1) is 74.6 Å². The molecule has 14 aromatic rings. The van der Waals surface area contributed by atoms with Gasteiger partial charge in [0.2, 0.25) is 0 Å². The summed E-state index contributed by atoms with van der Waals surface area (Å²) >= 11 is 0. The average Bonchev–Trinajstić information content (AvgIpc) is 1.56. The maximum atomic E-state index is 9.31. The van der Waals surface area contributed by atoms with E-state index in [0.717, 1.165) is 5.56 Å². The SMILES string of the molecule is [2H]c1c([2H])c([2H])c(-c2ccc3c(c2)[n+](-c2c(-c4c([2H])c([2H])c([2H])c([2H])c4[2H])cccc2-c2c([2H])c([2H])c([2H])c([2H])c2[2H])[c-]n3-c2cccc(Oc3ccc4c5cc(-n6c7c([2H])c([2H])c([2H])c([2H])c7c7c([2H])c(C)c([2H])c([2H])c76)ccc5n(-c5cc(C(C)(C)C)ccn5)c4c3)c2)c([2H])c1[2H]. The fraction of sp³-hybridized carbons (Fsp3) is 0.0704. The van der Waals surface area contributed by atoms with Gasteiger partial charge in [0.15, 0.2) is 0 Å². The van der Waals surface area contributed by atoms with Gasteiger partial charge in [0, 0.05) is 39.5 Å². The van der Waals surface area contributed by atoms with Crippen molar-refractivity contribution in [1.29, 1.82) is 0 Å². The number of nitrogens with zero attached hydrogens (tertiary/aromatic N) is 5. The van der Waals surface area contributed by atoms with Gasteiger partial charge in [-0.3, -0.25) is 13.7 Å². The van der Waals surface area contributed by atoms with E-state index < -0.39 is 103 Å². The van der Waals surface area contributed by atoms with Crippen molar-refractivity contribution in [2.24, 2.45) is 0 Å². The molecule has 10 aromatic carbocycles. The number of pyridine rings is 1. The Morgan fingerprint density at radius 1 is 0.494 bits per heavy atom. The van der Waals surface area contributed by atoms with Gasteiger partial charge >= 0.3 is 0 Å². The first-order valence-corrected chi connectivity index (χ1v) is 24.6. The Hall–Kier alpha value is -9.78. The summed E-state index contributed by atoms with van der Waals surface area (Å²) in [6.07, 6.45) is 5.09. The molecule has 77 heavy (non-hydrogen) atoms. The number of imidazole rings is 1. The van der Waals surface area contributed by atoms with E-state index in [2.05, 4.69) is 27.1 Å². The van der Waals surface area contributed by atoms with Gasteiger partial charge < -0.3 is 9.30 Å². The van der Waals surface area contributed by atoms with E-state index in [1.165, 1.54) is 33.4 Å². The minimum Gasteiger partial charge on any atom is -0.458 e. The molecule has 0 saturated heterocycles. The standard InChI is InChI=1S/C71H53N5O/c1-47-30-35-64-61(40-47)59-26-14-15-29-63(59)75(64)54-32-37-65-62(44-54)60-34-33-56(45-67(60)76(65)69-42-52(38-39-72-69)71(2,3)4)77-55-25-16-24-53(43-55)73-46-74(68-41-51(31-36-66(68)73)48-18-8-5-9-19-48)70-57(49-20-10-6-11-21-49)27-17-28-58(70)50-22-12-7-13-23-50/h5-45H,1-4H3/i5D,6D,7D,8D,9D,10D,11D,12D,13D,14D,15D,18D,19D,20D,21D,22D,23D,26D,29D,30D,35D,40D. The molecule has 6 nitrogen and oxygen atoms in total. The van der Waals surface area contributed by atoms with Gasteiger partial charge in [-0.1, -0.05) is 178 Å². The molecular formula is C71H53N5O. The first-order valence-electron chi connectivity index (χ1n) is 35.6. The summed E-state index contributed by atoms with van der Waals surface area (Å²) in [6, 6.07) is 18.8. The zero-order valence-corrected chi connectivity index (χ0v) is 41.6. The van der Waals surface area contributed by atoms with Crippen molar-refractivity contribution >= 4 is 54.6 Å². The minimum atomic E-state index is -0.688. The Morgan fingerprint density at radius 3 is 1.92 bits per heavy atom. The smallest absolute Gasteiger partial charge is 0.269 e. The van der Waals surface area contributed by atoms with Crippen LogP contribution in [0.2, 0.25) is 0 Å². The van der Waals surface area contributed by atoms with Crippen molar-refractivity contribution in [3.8, 4) is 67.8 Å². The molecule has 14 rings (SSSR count). The zero-order chi connectivity index (χ0) is 70.9. The first-order chi connectivity index (χ1) is 46.8. The lowest BCUT2D eigenvalue weighted by Crippen LogP contribution is -2.31. The summed E-state index contributed by atoms with van der Waals surface area (Å²) in [5.41, 5.74) is 2.60. The summed E-state index contributed by atoms with van der Waals surface area (Å²) in [5.74, 6) is 1.16. The van der Waals surface area contributed by atoms with Crippen LogP contribution in [-0.2, 0) is 5.41 Å². The van der Waals surface area contributed by atoms with Crippen molar-refractivity contribution in [1.82, 2.24) is 18.7 Å². The Labute approximate surface area is 478 Å². The molecule has 0 saturated carbocycles. The van der Waals surface area contributed by atoms with Crippen LogP contribution in [0.1, 0.15) is 62.1 Å². The second-order valence-electron chi connectivity index (χ2n) is 19.4. The first kappa shape index (κ1) is 28.2. The number of benzene rings is 10. The van der Waals surface area contributed by atoms with Crippen molar-refractivity contribution < 1.29 is 39.5 Å². The summed E-state index contributed by atoms with van der Waals surface area (Å²) in [6.45, 7) is 7.79. The highest BCUT2D eigenvalue weighted by atomic mass is 16.5. The average molecular weight is 1010 g/mol. The van der Waals surface area contributed by atoms with Crippen LogP contribution in [0, 0.1) is 13.3 Å². The molecule has 4 heterocycles. The molecule has 0 bridgehead atoms. The van der Waals surface area contributed by atoms with Crippen LogP contribution >= 0.6 is 0 Å². The van der Waals surface area contributed by atoms with Gasteiger partial charge in [0.25, 0.3) is 6.33 Å². The van der Waals surface area contributed by atoms with Crippen LogP contribution in [0.4, 0.5) is 0 Å². The third-order valence-electron chi connectivity index (χ3n) is 13.7. The van der Waals surface area contributed by atoms with E-state index in [9.17, 15) is 9.60 Å². The highest BCUT2D eigenvalue weighted by molar-refractivity contribution is 6.12. The Kier molecular flexibility index (Phi) is 6.69. The summed E-state index contributed by atoms with van der Waals surface area (Å²) in [4.78, 5) is 4.89. The minimum absolute atomic E-state index is 0.0400. The molecule has 0 N–H and O–H groups in total. The number of hydrogen-bond acceptors (Lipinski definition) is 2. The lowest BCUT2D eigenvalue weighted by molar-refractivity contribution is -0.571. The third-order valence-corrected chi connectivity index (χ3v) is 13.7. The molecule has 0 radical (unpaired) electrons. The molecular weight excluding hydrogens is 939 g/mol. The van der Waals surface area contributed by atoms with Crippen LogP contribution in [0.5, 0.6) is 11.5 Å². The molecule has 6 heteroatoms. The van der Waals surface area contributed by atoms with Gasteiger partial charge in [-0.05, 0) is 136 Å². The number of para-hydroxylation sites is 2. The normalized spacial score (nSPS) is 15.9. The predicted molar refractivity (Wildman–Crippen MR) is 316 cm³/mol. The Bertz CT molecular complexity index is 5700. The molecule has 0 unspecified atom stereocenters. The van der Waals surface area contributed by atoms with Crippen LogP contribution in [0.15, 0.2) is 248 Å². The summed E-state index contributed by atoms with van der Waals surface area (Å²) in [7, 11) is 0. The van der Waals surface area contributed by atoms with Gasteiger partial charge in [0.1, 0.15) is 17.3 Å². The van der Waals surface area contributed by atoms with Crippen LogP contribution in [-0.4, -0.2) is 18.7 Å². The Morgan fingerprint density at radius 2 is 1.17 bits per heavy atom. The zero-order valence-electron chi connectivity index (χ0n) is 63.6. The van der Waals surface area contributed by atoms with E-state index >= 15 is 0 Å². The second-order valence-corrected chi connectivity index (χ2v) is 19.4. The van der Waals surface area contributed by atoms with E-state index in [4.69, 9.17) is 30.3 Å². The molecule has 0 aliphatic rings. The quantitative estimate of drug-likeness (QED) is 0.107. The van der Waals surface area contributed by atoms with Crippen LogP contribution < -0.4 is 9.30 Å². The number of fused-ring (bicyclic) bond motifs is 7. The maximum absolute atomic E-state index is 9.31. The van der Waals surface area contributed by atoms with E-state index in [1.807, 2.05) is 41.0 Å². The van der Waals surface area contributed by atoms with Crippen molar-refractivity contribution in [3.05, 3.63) is 266 Å².